The van der Waals surface area contributed by atoms with Gasteiger partial charge in [0.25, 0.3) is 0 Å². The van der Waals surface area contributed by atoms with Crippen LogP contribution in [-0.2, 0) is 0 Å². The summed E-state index contributed by atoms with van der Waals surface area (Å²) < 4.78 is 1.90. The predicted octanol–water partition coefficient (Wildman–Crippen LogP) is 0.103. The Morgan fingerprint density at radius 1 is 1.40 bits per heavy atom. The second-order valence-electron chi connectivity index (χ2n) is 2.01. The van der Waals surface area contributed by atoms with Crippen LogP contribution in [0.3, 0.4) is 0 Å². The summed E-state index contributed by atoms with van der Waals surface area (Å²) in [4.78, 5) is 0. The highest BCUT2D eigenvalue weighted by Gasteiger charge is 2.16. The summed E-state index contributed by atoms with van der Waals surface area (Å²) in [7, 11) is 6.70. The van der Waals surface area contributed by atoms with Gasteiger partial charge in [-0.1, -0.05) is 5.01 Å². The third-order valence-corrected chi connectivity index (χ3v) is 2.00. The molecule has 60 valence electrons. The highest BCUT2D eigenvalue weighted by molar-refractivity contribution is 7.15. The fourth-order valence-corrected chi connectivity index (χ4v) is 1.35. The molecule has 3 nitrogen and oxygen atoms in total. The maximum Gasteiger partial charge on any atom is 0.216 e. The van der Waals surface area contributed by atoms with Gasteiger partial charge < -0.3 is 5.11 Å². The van der Waals surface area contributed by atoms with E-state index in [-0.39, 0.29) is 0 Å². The molecule has 0 N–H and O–H groups in total. The van der Waals surface area contributed by atoms with E-state index in [9.17, 15) is 0 Å². The van der Waals surface area contributed by atoms with Gasteiger partial charge in [0.05, 0.1) is 13.1 Å². The normalized spacial score (nSPS) is 17.9. The van der Waals surface area contributed by atoms with Crippen molar-refractivity contribution < 1.29 is 9.31 Å². The smallest absolute Gasteiger partial charge is 0.216 e. The van der Waals surface area contributed by atoms with Crippen LogP contribution < -0.4 is 5.11 Å². The summed E-state index contributed by atoms with van der Waals surface area (Å²) in [5.41, 5.74) is 0. The average Bonchev–Trinajstić information content (AvgIpc) is 2.42. The number of hydrogen-bond acceptors (Lipinski definition) is 1. The molecule has 0 radical (unpaired) electrons. The molecule has 1 aliphatic rings. The second kappa shape index (κ2) is 6.18. The van der Waals surface area contributed by atoms with Crippen molar-refractivity contribution in [2.24, 2.45) is 0 Å². The van der Waals surface area contributed by atoms with Crippen LogP contribution >= 0.6 is 18.4 Å². The first kappa shape index (κ1) is 10.4. The molecule has 0 aliphatic carbocycles. The van der Waals surface area contributed by atoms with Crippen molar-refractivity contribution in [1.82, 2.24) is 5.01 Å². The van der Waals surface area contributed by atoms with Crippen molar-refractivity contribution >= 4 is 18.4 Å². The molecule has 0 aromatic rings. The van der Waals surface area contributed by atoms with Crippen LogP contribution in [-0.4, -0.2) is 29.4 Å². The zero-order valence-electron chi connectivity index (χ0n) is 6.21. The molecule has 0 amide bonds. The van der Waals surface area contributed by atoms with Crippen LogP contribution in [0.5, 0.6) is 0 Å². The van der Waals surface area contributed by atoms with E-state index < -0.39 is 0 Å². The molecule has 5 heteroatoms. The molecule has 0 spiro atoms. The van der Waals surface area contributed by atoms with E-state index in [1.54, 1.807) is 0 Å². The van der Waals surface area contributed by atoms with Crippen molar-refractivity contribution in [2.75, 3.05) is 20.2 Å². The van der Waals surface area contributed by atoms with Crippen molar-refractivity contribution in [1.29, 1.82) is 0 Å². The fourth-order valence-electron chi connectivity index (χ4n) is 0.916. The highest BCUT2D eigenvalue weighted by Crippen LogP contribution is 2.10. The first-order valence-electron chi connectivity index (χ1n) is 3.22. The van der Waals surface area contributed by atoms with Gasteiger partial charge in [0.2, 0.25) is 9.03 Å². The highest BCUT2D eigenvalue weighted by atomic mass is 31.1. The molecule has 1 saturated heterocycles. The van der Waals surface area contributed by atoms with Gasteiger partial charge in [0.1, 0.15) is 0 Å². The minimum Gasteiger partial charge on any atom is -0.857 e. The third kappa shape index (κ3) is 3.58. The van der Waals surface area contributed by atoms with Crippen LogP contribution in [0.4, 0.5) is 0 Å². The van der Waals surface area contributed by atoms with Crippen molar-refractivity contribution in [3.63, 3.8) is 0 Å². The number of nitrogens with zero attached hydrogens (tertiary/aromatic N) is 2. The van der Waals surface area contributed by atoms with Gasteiger partial charge in [-0.2, -0.15) is 7.11 Å². The maximum absolute atomic E-state index is 8.25. The summed E-state index contributed by atoms with van der Waals surface area (Å²) in [5, 5.41) is 10.5. The second-order valence-corrected chi connectivity index (χ2v) is 3.47. The predicted molar refractivity (Wildman–Crippen MR) is 45.0 cm³/mol. The zero-order valence-corrected chi connectivity index (χ0v) is 8.36. The Morgan fingerprint density at radius 2 is 1.80 bits per heavy atom. The van der Waals surface area contributed by atoms with Gasteiger partial charge in [-0.05, 0) is 12.8 Å². The molecular weight excluding hydrogens is 166 g/mol. The van der Waals surface area contributed by atoms with E-state index in [0.717, 1.165) is 7.11 Å². The first-order chi connectivity index (χ1) is 4.80. The lowest BCUT2D eigenvalue weighted by Crippen LogP contribution is -2.21. The molecule has 1 rings (SSSR count). The van der Waals surface area contributed by atoms with Gasteiger partial charge >= 0.3 is 0 Å². The third-order valence-electron chi connectivity index (χ3n) is 1.39. The first-order valence-corrected chi connectivity index (χ1v) is 4.19. The van der Waals surface area contributed by atoms with Gasteiger partial charge in [-0.15, -0.1) is 4.21 Å². The summed E-state index contributed by atoms with van der Waals surface area (Å²) in [6.07, 6.45) is 2.66. The molecule has 0 saturated carbocycles. The largest absolute Gasteiger partial charge is 0.857 e. The Hall–Kier alpha value is 0.450. The lowest BCUT2D eigenvalue weighted by Gasteiger charge is -2.03. The van der Waals surface area contributed by atoms with Crippen LogP contribution in [0.2, 0.25) is 0 Å². The molecule has 1 unspecified atom stereocenters. The monoisotopic (exact) mass is 180 g/mol. The Morgan fingerprint density at radius 3 is 2.00 bits per heavy atom. The summed E-state index contributed by atoms with van der Waals surface area (Å²) in [6, 6.07) is 0. The molecule has 1 fully saturated rings. The van der Waals surface area contributed by atoms with Gasteiger partial charge in [-0.25, -0.2) is 0 Å². The summed E-state index contributed by atoms with van der Waals surface area (Å²) in [6.45, 7) is 2.38. The SMILES string of the molecule is C[O-].P=[N+](P)N1CCCC1. The average molecular weight is 180 g/mol. The van der Waals surface area contributed by atoms with Gasteiger partial charge in [-0.3, -0.25) is 0 Å². The zero-order chi connectivity index (χ0) is 7.98. The molecule has 0 aromatic carbocycles. The minimum atomic E-state index is 0.750. The van der Waals surface area contributed by atoms with Gasteiger partial charge in [0.15, 0.2) is 9.39 Å². The fraction of sp³-hybridized carbons (Fsp3) is 1.00. The van der Waals surface area contributed by atoms with E-state index in [1.807, 2.05) is 4.21 Å². The minimum absolute atomic E-state index is 0.750. The molecule has 1 aliphatic heterocycles. The lowest BCUT2D eigenvalue weighted by atomic mass is 10.4. The molecule has 0 bridgehead atoms. The molecule has 0 aromatic heterocycles. The Bertz CT molecular complexity index is 104. The lowest BCUT2D eigenvalue weighted by molar-refractivity contribution is -0.526. The molecule has 10 heavy (non-hydrogen) atoms. The van der Waals surface area contributed by atoms with Crippen LogP contribution in [0, 0.1) is 0 Å². The van der Waals surface area contributed by atoms with E-state index in [1.165, 1.54) is 25.9 Å². The van der Waals surface area contributed by atoms with Crippen molar-refractivity contribution in [2.45, 2.75) is 12.8 Å². The van der Waals surface area contributed by atoms with Crippen molar-refractivity contribution in [3.8, 4) is 0 Å². The van der Waals surface area contributed by atoms with E-state index in [2.05, 4.69) is 23.4 Å². The Balaban J connectivity index is 0.000000371. The van der Waals surface area contributed by atoms with Crippen LogP contribution in [0.25, 0.3) is 0 Å². The number of hydrazine groups is 1. The topological polar surface area (TPSA) is 29.3 Å². The maximum atomic E-state index is 8.25. The van der Waals surface area contributed by atoms with Gasteiger partial charge in [0, 0.05) is 0 Å². The van der Waals surface area contributed by atoms with E-state index in [0.29, 0.717) is 0 Å². The quantitative estimate of drug-likeness (QED) is 0.536. The van der Waals surface area contributed by atoms with E-state index in [4.69, 9.17) is 5.11 Å². The Kier molecular flexibility index (Phi) is 6.46. The van der Waals surface area contributed by atoms with Crippen molar-refractivity contribution in [3.05, 3.63) is 0 Å². The van der Waals surface area contributed by atoms with Crippen LogP contribution in [0.1, 0.15) is 12.8 Å². The molecule has 1 atom stereocenters. The Labute approximate surface area is 66.6 Å². The molecular formula is C5H14N2OP2. The number of rotatable bonds is 1. The number of hydrogen-bond donors (Lipinski definition) is 0. The van der Waals surface area contributed by atoms with Crippen LogP contribution in [0.15, 0.2) is 0 Å². The standard InChI is InChI=1S/C4H11N2P2.CH3O/c7-6(8)5-3-1-2-4-5;1-2/h7H,1-4,8H2;1H3/q+1;-1. The summed E-state index contributed by atoms with van der Waals surface area (Å²) in [5.74, 6) is 0. The molecule has 1 heterocycles. The van der Waals surface area contributed by atoms with E-state index >= 15 is 0 Å². The summed E-state index contributed by atoms with van der Waals surface area (Å²) >= 11 is 0.